The van der Waals surface area contributed by atoms with E-state index >= 15 is 0 Å². The highest BCUT2D eigenvalue weighted by Gasteiger charge is 2.15. The van der Waals surface area contributed by atoms with Crippen LogP contribution in [0.15, 0.2) is 0 Å². The lowest BCUT2D eigenvalue weighted by atomic mass is 10.0. The maximum absolute atomic E-state index is 11.4. The molecule has 0 saturated carbocycles. The third kappa shape index (κ3) is 5.16. The summed E-state index contributed by atoms with van der Waals surface area (Å²) < 4.78 is 0. The molecule has 84 valence electrons. The zero-order valence-corrected chi connectivity index (χ0v) is 8.57. The lowest BCUT2D eigenvalue weighted by Gasteiger charge is -2.16. The van der Waals surface area contributed by atoms with E-state index in [9.17, 15) is 4.79 Å². The van der Waals surface area contributed by atoms with Gasteiger partial charge in [-0.25, -0.2) is 0 Å². The van der Waals surface area contributed by atoms with Crippen LogP contribution in [0.25, 0.3) is 0 Å². The molecule has 0 aliphatic carbocycles. The number of aliphatic hydroxyl groups is 2. The zero-order valence-electron chi connectivity index (χ0n) is 8.57. The molecule has 1 amide bonds. The van der Waals surface area contributed by atoms with E-state index < -0.39 is 6.04 Å². The molecular weight excluding hydrogens is 184 g/mol. The minimum absolute atomic E-state index is 0.126. The van der Waals surface area contributed by atoms with Crippen molar-refractivity contribution in [3.05, 3.63) is 0 Å². The first-order chi connectivity index (χ1) is 6.65. The molecule has 5 nitrogen and oxygen atoms in total. The van der Waals surface area contributed by atoms with Gasteiger partial charge in [0, 0.05) is 5.92 Å². The van der Waals surface area contributed by atoms with Crippen molar-refractivity contribution >= 4 is 5.91 Å². The van der Waals surface area contributed by atoms with Crippen LogP contribution in [0.1, 0.15) is 19.8 Å². The van der Waals surface area contributed by atoms with Crippen molar-refractivity contribution < 1.29 is 15.0 Å². The van der Waals surface area contributed by atoms with E-state index in [0.717, 1.165) is 12.8 Å². The number of amides is 1. The van der Waals surface area contributed by atoms with Crippen LogP contribution in [0.5, 0.6) is 0 Å². The molecule has 0 saturated heterocycles. The number of rotatable bonds is 7. The van der Waals surface area contributed by atoms with Crippen LogP contribution in [0, 0.1) is 5.92 Å². The van der Waals surface area contributed by atoms with Crippen molar-refractivity contribution in [3.63, 3.8) is 0 Å². The summed E-state index contributed by atoms with van der Waals surface area (Å²) in [6.45, 7) is 1.88. The molecule has 5 heteroatoms. The second kappa shape index (κ2) is 7.73. The van der Waals surface area contributed by atoms with Crippen molar-refractivity contribution in [2.45, 2.75) is 25.8 Å². The summed E-state index contributed by atoms with van der Waals surface area (Å²) in [5.41, 5.74) is 5.32. The van der Waals surface area contributed by atoms with E-state index in [0.29, 0.717) is 6.54 Å². The summed E-state index contributed by atoms with van der Waals surface area (Å²) in [6.07, 6.45) is 1.53. The van der Waals surface area contributed by atoms with Gasteiger partial charge in [0.05, 0.1) is 19.3 Å². The Kier molecular flexibility index (Phi) is 7.37. The molecular formula is C9H20N2O3. The molecule has 1 atom stereocenters. The maximum atomic E-state index is 11.4. The molecule has 0 aliphatic heterocycles. The Morgan fingerprint density at radius 1 is 1.43 bits per heavy atom. The molecule has 14 heavy (non-hydrogen) atoms. The fraction of sp³-hybridized carbons (Fsp3) is 0.889. The lowest BCUT2D eigenvalue weighted by molar-refractivity contribution is -0.126. The topological polar surface area (TPSA) is 95.6 Å². The van der Waals surface area contributed by atoms with Crippen LogP contribution in [0.2, 0.25) is 0 Å². The predicted octanol–water partition coefficient (Wildman–Crippen LogP) is -1.17. The summed E-state index contributed by atoms with van der Waals surface area (Å²) in [6, 6.07) is -0.553. The third-order valence-electron chi connectivity index (χ3n) is 2.08. The van der Waals surface area contributed by atoms with E-state index in [1.807, 2.05) is 0 Å². The Morgan fingerprint density at radius 2 is 2.00 bits per heavy atom. The van der Waals surface area contributed by atoms with E-state index in [1.54, 1.807) is 6.92 Å². The van der Waals surface area contributed by atoms with Crippen molar-refractivity contribution in [3.8, 4) is 0 Å². The monoisotopic (exact) mass is 204 g/mol. The number of hydrogen-bond acceptors (Lipinski definition) is 4. The Labute approximate surface area is 84.3 Å². The molecule has 1 unspecified atom stereocenters. The second-order valence-electron chi connectivity index (χ2n) is 3.40. The van der Waals surface area contributed by atoms with Crippen molar-refractivity contribution in [2.75, 3.05) is 19.8 Å². The molecule has 0 rings (SSSR count). The summed E-state index contributed by atoms with van der Waals surface area (Å²) in [7, 11) is 0. The van der Waals surface area contributed by atoms with Crippen molar-refractivity contribution in [2.24, 2.45) is 11.7 Å². The van der Waals surface area contributed by atoms with Gasteiger partial charge < -0.3 is 21.3 Å². The average Bonchev–Trinajstić information content (AvgIpc) is 2.21. The molecule has 0 aromatic carbocycles. The quantitative estimate of drug-likeness (QED) is 0.420. The van der Waals surface area contributed by atoms with Gasteiger partial charge in [-0.3, -0.25) is 4.79 Å². The summed E-state index contributed by atoms with van der Waals surface area (Å²) in [5.74, 6) is -0.272. The van der Waals surface area contributed by atoms with E-state index in [4.69, 9.17) is 15.9 Å². The van der Waals surface area contributed by atoms with Gasteiger partial charge in [-0.15, -0.1) is 0 Å². The molecule has 5 N–H and O–H groups in total. The number of hydrogen-bond donors (Lipinski definition) is 4. The van der Waals surface area contributed by atoms with Gasteiger partial charge in [-0.05, 0) is 19.4 Å². The summed E-state index contributed by atoms with van der Waals surface area (Å²) >= 11 is 0. The normalized spacial score (nSPS) is 12.9. The van der Waals surface area contributed by atoms with Gasteiger partial charge >= 0.3 is 0 Å². The number of carbonyl (C=O) groups is 1. The standard InChI is InChI=1S/C9H20N2O3/c1-7(3-2-4-10)9(14)11-8(5-12)6-13/h7-8,12-13H,2-6,10H2,1H3,(H,11,14). The number of carbonyl (C=O) groups excluding carboxylic acids is 1. The number of aliphatic hydroxyl groups excluding tert-OH is 2. The highest BCUT2D eigenvalue weighted by molar-refractivity contribution is 5.78. The Bertz CT molecular complexity index is 160. The molecule has 0 bridgehead atoms. The van der Waals surface area contributed by atoms with Gasteiger partial charge in [-0.2, -0.15) is 0 Å². The van der Waals surface area contributed by atoms with Crippen LogP contribution in [0.4, 0.5) is 0 Å². The highest BCUT2D eigenvalue weighted by atomic mass is 16.3. The van der Waals surface area contributed by atoms with Crippen molar-refractivity contribution in [1.29, 1.82) is 0 Å². The Balaban J connectivity index is 3.81. The van der Waals surface area contributed by atoms with Crippen LogP contribution >= 0.6 is 0 Å². The van der Waals surface area contributed by atoms with Gasteiger partial charge in [0.15, 0.2) is 0 Å². The largest absolute Gasteiger partial charge is 0.394 e. The fourth-order valence-electron chi connectivity index (χ4n) is 1.05. The van der Waals surface area contributed by atoms with E-state index in [2.05, 4.69) is 5.32 Å². The minimum Gasteiger partial charge on any atom is -0.394 e. The van der Waals surface area contributed by atoms with Gasteiger partial charge in [-0.1, -0.05) is 6.92 Å². The Morgan fingerprint density at radius 3 is 2.43 bits per heavy atom. The van der Waals surface area contributed by atoms with Crippen LogP contribution in [-0.2, 0) is 4.79 Å². The number of nitrogens with one attached hydrogen (secondary N) is 1. The van der Waals surface area contributed by atoms with E-state index in [-0.39, 0.29) is 25.0 Å². The first-order valence-electron chi connectivity index (χ1n) is 4.87. The minimum atomic E-state index is -0.553. The molecule has 0 radical (unpaired) electrons. The second-order valence-corrected chi connectivity index (χ2v) is 3.40. The number of nitrogens with two attached hydrogens (primary N) is 1. The first kappa shape index (κ1) is 13.4. The van der Waals surface area contributed by atoms with Crippen molar-refractivity contribution in [1.82, 2.24) is 5.32 Å². The maximum Gasteiger partial charge on any atom is 0.223 e. The average molecular weight is 204 g/mol. The van der Waals surface area contributed by atoms with Crippen LogP contribution in [0.3, 0.4) is 0 Å². The lowest BCUT2D eigenvalue weighted by Crippen LogP contribution is -2.42. The molecule has 0 aliphatic rings. The molecule has 0 aromatic heterocycles. The van der Waals surface area contributed by atoms with E-state index in [1.165, 1.54) is 0 Å². The highest BCUT2D eigenvalue weighted by Crippen LogP contribution is 2.04. The fourth-order valence-corrected chi connectivity index (χ4v) is 1.05. The first-order valence-corrected chi connectivity index (χ1v) is 4.87. The van der Waals surface area contributed by atoms with Gasteiger partial charge in [0.1, 0.15) is 0 Å². The van der Waals surface area contributed by atoms with Gasteiger partial charge in [0.2, 0.25) is 5.91 Å². The molecule has 0 spiro atoms. The smallest absolute Gasteiger partial charge is 0.223 e. The molecule has 0 heterocycles. The van der Waals surface area contributed by atoms with Crippen LogP contribution in [-0.4, -0.2) is 41.9 Å². The van der Waals surface area contributed by atoms with Crippen LogP contribution < -0.4 is 11.1 Å². The summed E-state index contributed by atoms with van der Waals surface area (Å²) in [4.78, 5) is 11.4. The zero-order chi connectivity index (χ0) is 11.0. The molecule has 0 aromatic rings. The Hall–Kier alpha value is -0.650. The predicted molar refractivity (Wildman–Crippen MR) is 53.6 cm³/mol. The SMILES string of the molecule is CC(CCCN)C(=O)NC(CO)CO. The summed E-state index contributed by atoms with van der Waals surface area (Å²) in [5, 5.41) is 20.0. The molecule has 0 fully saturated rings. The third-order valence-corrected chi connectivity index (χ3v) is 2.08. The van der Waals surface area contributed by atoms with Gasteiger partial charge in [0.25, 0.3) is 0 Å².